The van der Waals surface area contributed by atoms with Gasteiger partial charge in [-0.15, -0.1) is 0 Å². The van der Waals surface area contributed by atoms with Crippen LogP contribution in [0.1, 0.15) is 12.8 Å². The van der Waals surface area contributed by atoms with Crippen molar-refractivity contribution >= 4 is 5.94 Å². The minimum Gasteiger partial charge on any atom is -0.365 e. The molecule has 4 heteroatoms. The van der Waals surface area contributed by atoms with Crippen LogP contribution < -0.4 is 16.0 Å². The SMILES string of the molecule is O=C=C1NCNC12CCNCC2. The maximum atomic E-state index is 10.6. The van der Waals surface area contributed by atoms with E-state index in [0.717, 1.165) is 25.9 Å². The highest BCUT2D eigenvalue weighted by molar-refractivity contribution is 5.57. The normalized spacial score (nSPS) is 26.8. The van der Waals surface area contributed by atoms with Crippen molar-refractivity contribution in [3.63, 3.8) is 0 Å². The van der Waals surface area contributed by atoms with Gasteiger partial charge >= 0.3 is 0 Å². The number of rotatable bonds is 0. The number of hydrogen-bond donors (Lipinski definition) is 3. The van der Waals surface area contributed by atoms with Crippen LogP contribution in [0.15, 0.2) is 5.70 Å². The van der Waals surface area contributed by atoms with Crippen LogP contribution >= 0.6 is 0 Å². The van der Waals surface area contributed by atoms with Crippen molar-refractivity contribution in [1.82, 2.24) is 16.0 Å². The molecule has 0 unspecified atom stereocenters. The molecule has 0 atom stereocenters. The van der Waals surface area contributed by atoms with Crippen molar-refractivity contribution in [3.8, 4) is 0 Å². The molecule has 2 rings (SSSR count). The van der Waals surface area contributed by atoms with Gasteiger partial charge < -0.3 is 10.6 Å². The Labute approximate surface area is 71.4 Å². The third kappa shape index (κ3) is 1.05. The number of piperidine rings is 1. The van der Waals surface area contributed by atoms with Crippen molar-refractivity contribution in [2.24, 2.45) is 0 Å². The first-order valence-electron chi connectivity index (χ1n) is 4.33. The molecule has 3 N–H and O–H groups in total. The highest BCUT2D eigenvalue weighted by atomic mass is 16.1. The molecule has 4 nitrogen and oxygen atoms in total. The van der Waals surface area contributed by atoms with Gasteiger partial charge in [0.15, 0.2) is 0 Å². The quantitative estimate of drug-likeness (QED) is 0.404. The molecule has 0 aromatic heterocycles. The van der Waals surface area contributed by atoms with Gasteiger partial charge in [-0.3, -0.25) is 5.32 Å². The van der Waals surface area contributed by atoms with Gasteiger partial charge in [0.05, 0.1) is 12.2 Å². The predicted octanol–water partition coefficient (Wildman–Crippen LogP) is -1.03. The molecule has 0 aliphatic carbocycles. The highest BCUT2D eigenvalue weighted by Gasteiger charge is 2.40. The van der Waals surface area contributed by atoms with Gasteiger partial charge in [-0.25, -0.2) is 4.79 Å². The first-order chi connectivity index (χ1) is 5.87. The Balaban J connectivity index is 2.22. The second-order valence-electron chi connectivity index (χ2n) is 3.34. The summed E-state index contributed by atoms with van der Waals surface area (Å²) in [6, 6.07) is 0. The second kappa shape index (κ2) is 2.90. The Kier molecular flexibility index (Phi) is 1.89. The lowest BCUT2D eigenvalue weighted by molar-refractivity contribution is 0.322. The molecular formula is C8H13N3O. The Morgan fingerprint density at radius 3 is 2.75 bits per heavy atom. The third-order valence-corrected chi connectivity index (χ3v) is 2.73. The highest BCUT2D eigenvalue weighted by Crippen LogP contribution is 2.26. The average Bonchev–Trinajstić information content (AvgIpc) is 2.49. The van der Waals surface area contributed by atoms with Crippen molar-refractivity contribution in [1.29, 1.82) is 0 Å². The Hall–Kier alpha value is -0.830. The van der Waals surface area contributed by atoms with Gasteiger partial charge in [-0.1, -0.05) is 0 Å². The zero-order valence-electron chi connectivity index (χ0n) is 6.94. The maximum Gasteiger partial charge on any atom is 0.147 e. The van der Waals surface area contributed by atoms with E-state index in [4.69, 9.17) is 0 Å². The molecular weight excluding hydrogens is 154 g/mol. The van der Waals surface area contributed by atoms with Gasteiger partial charge in [0.2, 0.25) is 0 Å². The first kappa shape index (κ1) is 7.80. The number of nitrogens with one attached hydrogen (secondary N) is 3. The summed E-state index contributed by atoms with van der Waals surface area (Å²) in [7, 11) is 0. The van der Waals surface area contributed by atoms with Crippen LogP contribution in [-0.4, -0.2) is 31.2 Å². The lowest BCUT2D eigenvalue weighted by Crippen LogP contribution is -2.49. The fraction of sp³-hybridized carbons (Fsp3) is 0.750. The van der Waals surface area contributed by atoms with Gasteiger partial charge in [0.1, 0.15) is 11.6 Å². The van der Waals surface area contributed by atoms with E-state index in [1.54, 1.807) is 0 Å². The predicted molar refractivity (Wildman–Crippen MR) is 45.2 cm³/mol. The van der Waals surface area contributed by atoms with Crippen LogP contribution in [0.4, 0.5) is 0 Å². The van der Waals surface area contributed by atoms with Crippen LogP contribution in [0.5, 0.6) is 0 Å². The fourth-order valence-corrected chi connectivity index (χ4v) is 1.97. The van der Waals surface area contributed by atoms with Crippen molar-refractivity contribution in [3.05, 3.63) is 5.70 Å². The molecule has 0 radical (unpaired) electrons. The van der Waals surface area contributed by atoms with E-state index in [1.807, 2.05) is 5.94 Å². The molecule has 2 heterocycles. The van der Waals surface area contributed by atoms with Crippen LogP contribution in [-0.2, 0) is 4.79 Å². The van der Waals surface area contributed by atoms with Crippen LogP contribution in [0.25, 0.3) is 0 Å². The largest absolute Gasteiger partial charge is 0.365 e. The summed E-state index contributed by atoms with van der Waals surface area (Å²) in [5.41, 5.74) is 0.622. The summed E-state index contributed by atoms with van der Waals surface area (Å²) in [4.78, 5) is 10.6. The van der Waals surface area contributed by atoms with Crippen molar-refractivity contribution < 1.29 is 4.79 Å². The first-order valence-corrected chi connectivity index (χ1v) is 4.33. The molecule has 1 spiro atoms. The lowest BCUT2D eigenvalue weighted by Gasteiger charge is -2.32. The van der Waals surface area contributed by atoms with Crippen LogP contribution in [0.3, 0.4) is 0 Å². The van der Waals surface area contributed by atoms with E-state index in [-0.39, 0.29) is 5.54 Å². The maximum absolute atomic E-state index is 10.6. The topological polar surface area (TPSA) is 53.2 Å². The monoisotopic (exact) mass is 167 g/mol. The van der Waals surface area contributed by atoms with Crippen molar-refractivity contribution in [2.45, 2.75) is 18.4 Å². The van der Waals surface area contributed by atoms with E-state index in [2.05, 4.69) is 16.0 Å². The summed E-state index contributed by atoms with van der Waals surface area (Å²) >= 11 is 0. The average molecular weight is 167 g/mol. The molecule has 0 saturated carbocycles. The Bertz CT molecular complexity index is 226. The van der Waals surface area contributed by atoms with Gasteiger partial charge in [-0.2, -0.15) is 0 Å². The smallest absolute Gasteiger partial charge is 0.147 e. The van der Waals surface area contributed by atoms with Crippen molar-refractivity contribution in [2.75, 3.05) is 19.8 Å². The van der Waals surface area contributed by atoms with E-state index in [1.165, 1.54) is 0 Å². The third-order valence-electron chi connectivity index (χ3n) is 2.73. The molecule has 0 aromatic carbocycles. The second-order valence-corrected chi connectivity index (χ2v) is 3.34. The van der Waals surface area contributed by atoms with Crippen LogP contribution in [0, 0.1) is 0 Å². The summed E-state index contributed by atoms with van der Waals surface area (Å²) < 4.78 is 0. The number of hydrogen-bond acceptors (Lipinski definition) is 4. The molecule has 2 aliphatic rings. The molecule has 66 valence electrons. The van der Waals surface area contributed by atoms with E-state index < -0.39 is 0 Å². The summed E-state index contributed by atoms with van der Waals surface area (Å²) in [6.07, 6.45) is 1.95. The lowest BCUT2D eigenvalue weighted by atomic mass is 9.87. The zero-order chi connectivity index (χ0) is 8.44. The van der Waals surface area contributed by atoms with E-state index >= 15 is 0 Å². The van der Waals surface area contributed by atoms with Gasteiger partial charge in [-0.05, 0) is 25.9 Å². The molecule has 2 fully saturated rings. The van der Waals surface area contributed by atoms with E-state index in [9.17, 15) is 4.79 Å². The molecule has 0 bridgehead atoms. The molecule has 2 aliphatic heterocycles. The summed E-state index contributed by atoms with van der Waals surface area (Å²) in [5.74, 6) is 1.99. The minimum atomic E-state index is -0.0903. The minimum absolute atomic E-state index is 0.0903. The van der Waals surface area contributed by atoms with Gasteiger partial charge in [0.25, 0.3) is 0 Å². The Morgan fingerprint density at radius 2 is 2.08 bits per heavy atom. The van der Waals surface area contributed by atoms with Gasteiger partial charge in [0, 0.05) is 0 Å². The number of carbonyl (C=O) groups excluding carboxylic acids is 1. The van der Waals surface area contributed by atoms with Crippen LogP contribution in [0.2, 0.25) is 0 Å². The Morgan fingerprint density at radius 1 is 1.33 bits per heavy atom. The molecule has 0 aromatic rings. The fourth-order valence-electron chi connectivity index (χ4n) is 1.97. The zero-order valence-corrected chi connectivity index (χ0v) is 6.94. The summed E-state index contributed by atoms with van der Waals surface area (Å²) in [6.45, 7) is 2.64. The molecule has 12 heavy (non-hydrogen) atoms. The molecule has 0 amide bonds. The summed E-state index contributed by atoms with van der Waals surface area (Å²) in [5, 5.41) is 9.61. The molecule has 2 saturated heterocycles. The standard InChI is InChI=1S/C8H13N3O/c12-5-7-8(11-6-10-7)1-3-9-4-2-8/h9-11H,1-4,6H2. The van der Waals surface area contributed by atoms with E-state index in [0.29, 0.717) is 12.4 Å².